The predicted molar refractivity (Wildman–Crippen MR) is 87.7 cm³/mol. The molecule has 0 saturated heterocycles. The molecule has 112 valence electrons. The Kier molecular flexibility index (Phi) is 3.87. The molecule has 2 aromatic heterocycles. The third kappa shape index (κ3) is 2.98. The number of halogens is 2. The summed E-state index contributed by atoms with van der Waals surface area (Å²) in [5.74, 6) is 0.403. The van der Waals surface area contributed by atoms with E-state index in [9.17, 15) is 4.79 Å². The maximum atomic E-state index is 12.0. The number of aromatic nitrogens is 3. The number of nitrogens with zero attached hydrogens (tertiary/aromatic N) is 2. The lowest BCUT2D eigenvalue weighted by molar-refractivity contribution is 0.262. The SMILES string of the molecule is Cc1ccc2c(NC(=O)Nc3ccc(Cl)c(Cl)c3)n[nH]c2n1. The Morgan fingerprint density at radius 3 is 2.73 bits per heavy atom. The molecule has 0 fully saturated rings. The Hall–Kier alpha value is -2.31. The average molecular weight is 336 g/mol. The zero-order valence-corrected chi connectivity index (χ0v) is 13.0. The van der Waals surface area contributed by atoms with Gasteiger partial charge in [-0.05, 0) is 37.3 Å². The summed E-state index contributed by atoms with van der Waals surface area (Å²) in [6.07, 6.45) is 0. The largest absolute Gasteiger partial charge is 0.324 e. The molecule has 2 heterocycles. The van der Waals surface area contributed by atoms with Gasteiger partial charge < -0.3 is 5.32 Å². The van der Waals surface area contributed by atoms with Crippen LogP contribution < -0.4 is 10.6 Å². The van der Waals surface area contributed by atoms with Crippen LogP contribution in [0.1, 0.15) is 5.69 Å². The van der Waals surface area contributed by atoms with Crippen molar-refractivity contribution in [3.8, 4) is 0 Å². The van der Waals surface area contributed by atoms with Crippen molar-refractivity contribution >= 4 is 51.8 Å². The molecular formula is C14H11Cl2N5O. The van der Waals surface area contributed by atoms with Crippen LogP contribution in [0, 0.1) is 6.92 Å². The number of hydrogen-bond donors (Lipinski definition) is 3. The fourth-order valence-electron chi connectivity index (χ4n) is 1.94. The van der Waals surface area contributed by atoms with Crippen molar-refractivity contribution in [2.75, 3.05) is 10.6 Å². The fraction of sp³-hybridized carbons (Fsp3) is 0.0714. The van der Waals surface area contributed by atoms with E-state index >= 15 is 0 Å². The maximum absolute atomic E-state index is 12.0. The summed E-state index contributed by atoms with van der Waals surface area (Å²) in [6.45, 7) is 1.88. The van der Waals surface area contributed by atoms with E-state index in [0.29, 0.717) is 27.2 Å². The van der Waals surface area contributed by atoms with Crippen LogP contribution >= 0.6 is 23.2 Å². The lowest BCUT2D eigenvalue weighted by Crippen LogP contribution is -2.19. The van der Waals surface area contributed by atoms with Crippen molar-refractivity contribution in [1.29, 1.82) is 0 Å². The Morgan fingerprint density at radius 2 is 1.95 bits per heavy atom. The molecule has 0 spiro atoms. The molecule has 3 N–H and O–H groups in total. The van der Waals surface area contributed by atoms with Gasteiger partial charge in [-0.3, -0.25) is 10.4 Å². The van der Waals surface area contributed by atoms with Gasteiger partial charge >= 0.3 is 6.03 Å². The van der Waals surface area contributed by atoms with Gasteiger partial charge in [0.05, 0.1) is 15.4 Å². The van der Waals surface area contributed by atoms with Crippen LogP contribution in [0.5, 0.6) is 0 Å². The predicted octanol–water partition coefficient (Wildman–Crippen LogP) is 4.22. The van der Waals surface area contributed by atoms with Gasteiger partial charge in [-0.2, -0.15) is 5.10 Å². The van der Waals surface area contributed by atoms with Crippen LogP contribution in [0.15, 0.2) is 30.3 Å². The third-order valence-corrected chi connectivity index (χ3v) is 3.71. The van der Waals surface area contributed by atoms with E-state index in [1.807, 2.05) is 19.1 Å². The van der Waals surface area contributed by atoms with Crippen molar-refractivity contribution in [2.45, 2.75) is 6.92 Å². The molecule has 1 aromatic carbocycles. The van der Waals surface area contributed by atoms with Crippen molar-refractivity contribution in [3.05, 3.63) is 46.1 Å². The first-order chi connectivity index (χ1) is 10.5. The summed E-state index contributed by atoms with van der Waals surface area (Å²) in [5.41, 5.74) is 2.01. The molecule has 0 unspecified atom stereocenters. The van der Waals surface area contributed by atoms with Crippen LogP contribution in [-0.2, 0) is 0 Å². The number of rotatable bonds is 2. The number of hydrogen-bond acceptors (Lipinski definition) is 3. The minimum atomic E-state index is -0.438. The standard InChI is InChI=1S/C14H11Cl2N5O/c1-7-2-4-9-12(17-7)20-21-13(9)19-14(22)18-8-3-5-10(15)11(16)6-8/h2-6H,1H3,(H3,17,18,19,20,21,22). The quantitative estimate of drug-likeness (QED) is 0.655. The molecule has 8 heteroatoms. The summed E-state index contributed by atoms with van der Waals surface area (Å²) in [5, 5.41) is 13.7. The molecule has 3 rings (SSSR count). The molecule has 6 nitrogen and oxygen atoms in total. The monoisotopic (exact) mass is 335 g/mol. The van der Waals surface area contributed by atoms with E-state index in [0.717, 1.165) is 11.1 Å². The second-order valence-corrected chi connectivity index (χ2v) is 5.44. The number of carbonyl (C=O) groups excluding carboxylic acids is 1. The summed E-state index contributed by atoms with van der Waals surface area (Å²) in [6, 6.07) is 8.08. The summed E-state index contributed by atoms with van der Waals surface area (Å²) >= 11 is 11.7. The van der Waals surface area contributed by atoms with Crippen molar-refractivity contribution in [2.24, 2.45) is 0 Å². The lowest BCUT2D eigenvalue weighted by Gasteiger charge is -2.07. The molecule has 0 aliphatic carbocycles. The molecule has 0 aliphatic rings. The average Bonchev–Trinajstić information content (AvgIpc) is 2.85. The minimum absolute atomic E-state index is 0.365. The highest BCUT2D eigenvalue weighted by molar-refractivity contribution is 6.42. The highest BCUT2D eigenvalue weighted by atomic mass is 35.5. The first-order valence-corrected chi connectivity index (χ1v) is 7.13. The van der Waals surface area contributed by atoms with E-state index < -0.39 is 6.03 Å². The van der Waals surface area contributed by atoms with Gasteiger partial charge in [0.15, 0.2) is 11.5 Å². The van der Waals surface area contributed by atoms with Gasteiger partial charge in [0.1, 0.15) is 0 Å². The van der Waals surface area contributed by atoms with E-state index in [1.165, 1.54) is 0 Å². The number of pyridine rings is 1. The third-order valence-electron chi connectivity index (χ3n) is 2.97. The van der Waals surface area contributed by atoms with Crippen LogP contribution in [0.3, 0.4) is 0 Å². The molecule has 0 saturated carbocycles. The summed E-state index contributed by atoms with van der Waals surface area (Å²) < 4.78 is 0. The molecule has 3 aromatic rings. The van der Waals surface area contributed by atoms with E-state index in [2.05, 4.69) is 25.8 Å². The second kappa shape index (κ2) is 5.82. The smallest absolute Gasteiger partial charge is 0.308 e. The van der Waals surface area contributed by atoms with Gasteiger partial charge in [-0.15, -0.1) is 0 Å². The summed E-state index contributed by atoms with van der Waals surface area (Å²) in [7, 11) is 0. The summed E-state index contributed by atoms with van der Waals surface area (Å²) in [4.78, 5) is 16.3. The number of benzene rings is 1. The minimum Gasteiger partial charge on any atom is -0.308 e. The molecule has 2 amide bonds. The molecule has 0 bridgehead atoms. The van der Waals surface area contributed by atoms with Gasteiger partial charge in [0.25, 0.3) is 0 Å². The van der Waals surface area contributed by atoms with Crippen LogP contribution in [0.4, 0.5) is 16.3 Å². The number of anilines is 2. The first-order valence-electron chi connectivity index (χ1n) is 6.38. The first kappa shape index (κ1) is 14.6. The normalized spacial score (nSPS) is 10.7. The number of urea groups is 1. The number of nitrogens with one attached hydrogen (secondary N) is 3. The molecule has 22 heavy (non-hydrogen) atoms. The molecule has 0 aliphatic heterocycles. The second-order valence-electron chi connectivity index (χ2n) is 4.63. The van der Waals surface area contributed by atoms with Crippen molar-refractivity contribution < 1.29 is 4.79 Å². The Morgan fingerprint density at radius 1 is 1.14 bits per heavy atom. The molecule has 0 atom stereocenters. The Balaban J connectivity index is 1.76. The Labute approximate surface area is 135 Å². The highest BCUT2D eigenvalue weighted by Gasteiger charge is 2.10. The number of fused-ring (bicyclic) bond motifs is 1. The topological polar surface area (TPSA) is 82.7 Å². The van der Waals surface area contributed by atoms with Gasteiger partial charge in [-0.25, -0.2) is 9.78 Å². The number of H-pyrrole nitrogens is 1. The zero-order chi connectivity index (χ0) is 15.7. The highest BCUT2D eigenvalue weighted by Crippen LogP contribution is 2.25. The Bertz CT molecular complexity index is 862. The van der Waals surface area contributed by atoms with Crippen molar-refractivity contribution in [3.63, 3.8) is 0 Å². The van der Waals surface area contributed by atoms with E-state index in [-0.39, 0.29) is 0 Å². The number of amides is 2. The van der Waals surface area contributed by atoms with Crippen molar-refractivity contribution in [1.82, 2.24) is 15.2 Å². The van der Waals surface area contributed by atoms with E-state index in [1.54, 1.807) is 18.2 Å². The number of carbonyl (C=O) groups is 1. The molecule has 0 radical (unpaired) electrons. The van der Waals surface area contributed by atoms with Gasteiger partial charge in [0, 0.05) is 11.4 Å². The number of aromatic amines is 1. The van der Waals surface area contributed by atoms with Gasteiger partial charge in [-0.1, -0.05) is 23.2 Å². The lowest BCUT2D eigenvalue weighted by atomic mass is 10.3. The zero-order valence-electron chi connectivity index (χ0n) is 11.4. The van der Waals surface area contributed by atoms with Crippen LogP contribution in [0.25, 0.3) is 11.0 Å². The number of aryl methyl sites for hydroxylation is 1. The fourth-order valence-corrected chi connectivity index (χ4v) is 2.24. The van der Waals surface area contributed by atoms with Crippen LogP contribution in [0.2, 0.25) is 10.0 Å². The van der Waals surface area contributed by atoms with E-state index in [4.69, 9.17) is 23.2 Å². The van der Waals surface area contributed by atoms with Crippen LogP contribution in [-0.4, -0.2) is 21.2 Å². The maximum Gasteiger partial charge on any atom is 0.324 e. The van der Waals surface area contributed by atoms with Gasteiger partial charge in [0.2, 0.25) is 0 Å². The molecular weight excluding hydrogens is 325 g/mol.